The Labute approximate surface area is 182 Å². The van der Waals surface area contributed by atoms with Crippen LogP contribution >= 0.6 is 0 Å². The Morgan fingerprint density at radius 2 is 1.84 bits per heavy atom. The van der Waals surface area contributed by atoms with Crippen molar-refractivity contribution in [2.45, 2.75) is 31.1 Å². The number of piperidine rings is 1. The molecule has 1 aliphatic heterocycles. The Hall–Kier alpha value is -3.49. The molecule has 1 aliphatic carbocycles. The quantitative estimate of drug-likeness (QED) is 0.657. The summed E-state index contributed by atoms with van der Waals surface area (Å²) in [6.07, 6.45) is 1.35. The second kappa shape index (κ2) is 7.89. The van der Waals surface area contributed by atoms with Crippen molar-refractivity contribution in [3.63, 3.8) is 0 Å². The Balaban J connectivity index is 1.35. The largest absolute Gasteiger partial charge is 0.417 e. The summed E-state index contributed by atoms with van der Waals surface area (Å²) in [5.41, 5.74) is 0.918. The molecule has 3 atom stereocenters. The summed E-state index contributed by atoms with van der Waals surface area (Å²) in [5, 5.41) is 3.23. The lowest BCUT2D eigenvalue weighted by molar-refractivity contribution is -0.137. The van der Waals surface area contributed by atoms with Crippen molar-refractivity contribution in [1.82, 2.24) is 19.9 Å². The Kier molecular flexibility index (Phi) is 5.03. The van der Waals surface area contributed by atoms with Gasteiger partial charge in [0.05, 0.1) is 17.3 Å². The first-order valence-electron chi connectivity index (χ1n) is 10.4. The number of hydrogen-bond acceptors (Lipinski definition) is 5. The van der Waals surface area contributed by atoms with Crippen LogP contribution in [0.4, 0.5) is 19.0 Å². The summed E-state index contributed by atoms with van der Waals surface area (Å²) < 4.78 is 38.4. The van der Waals surface area contributed by atoms with Crippen molar-refractivity contribution in [1.29, 1.82) is 0 Å². The number of halogens is 3. The molecule has 2 fully saturated rings. The number of amides is 1. The van der Waals surface area contributed by atoms with Crippen LogP contribution in [0.15, 0.2) is 61.1 Å². The molecule has 0 radical (unpaired) electrons. The number of rotatable bonds is 4. The molecular formula is C23H20F3N5O. The number of pyridine rings is 3. The summed E-state index contributed by atoms with van der Waals surface area (Å²) in [5.74, 6) is 0.540. The van der Waals surface area contributed by atoms with Crippen molar-refractivity contribution in [2.24, 2.45) is 5.92 Å². The van der Waals surface area contributed by atoms with Gasteiger partial charge in [0, 0.05) is 36.7 Å². The highest BCUT2D eigenvalue weighted by Gasteiger charge is 2.47. The van der Waals surface area contributed by atoms with E-state index in [0.717, 1.165) is 25.1 Å². The maximum Gasteiger partial charge on any atom is 0.417 e. The number of nitrogens with one attached hydrogen (secondary N) is 1. The zero-order valence-corrected chi connectivity index (χ0v) is 17.0. The monoisotopic (exact) mass is 439 g/mol. The number of alkyl halides is 3. The highest BCUT2D eigenvalue weighted by Crippen LogP contribution is 2.40. The number of hydrogen-bond donors (Lipinski definition) is 1. The third kappa shape index (κ3) is 3.79. The number of nitrogens with zero attached hydrogens (tertiary/aromatic N) is 4. The van der Waals surface area contributed by atoms with Gasteiger partial charge < -0.3 is 10.2 Å². The molecule has 3 unspecified atom stereocenters. The Morgan fingerprint density at radius 1 is 1.00 bits per heavy atom. The van der Waals surface area contributed by atoms with Crippen LogP contribution in [0.25, 0.3) is 11.3 Å². The molecule has 3 aromatic rings. The van der Waals surface area contributed by atoms with E-state index < -0.39 is 11.7 Å². The number of fused-ring (bicyclic) bond motifs is 2. The topological polar surface area (TPSA) is 71.0 Å². The van der Waals surface area contributed by atoms with Gasteiger partial charge >= 0.3 is 6.18 Å². The van der Waals surface area contributed by atoms with Crippen molar-refractivity contribution in [3.05, 3.63) is 72.3 Å². The molecule has 6 nitrogen and oxygen atoms in total. The van der Waals surface area contributed by atoms with Gasteiger partial charge in [-0.15, -0.1) is 0 Å². The van der Waals surface area contributed by atoms with Crippen LogP contribution in [0.5, 0.6) is 0 Å². The van der Waals surface area contributed by atoms with Gasteiger partial charge in [0.2, 0.25) is 0 Å². The lowest BCUT2D eigenvalue weighted by Crippen LogP contribution is -2.48. The van der Waals surface area contributed by atoms with E-state index in [-0.39, 0.29) is 18.0 Å². The van der Waals surface area contributed by atoms with E-state index >= 15 is 0 Å². The normalized spacial score (nSPS) is 22.2. The van der Waals surface area contributed by atoms with Crippen molar-refractivity contribution in [2.75, 3.05) is 11.9 Å². The molecule has 2 aliphatic rings. The van der Waals surface area contributed by atoms with E-state index in [1.807, 2.05) is 29.2 Å². The molecule has 4 heterocycles. The van der Waals surface area contributed by atoms with Crippen LogP contribution in [-0.4, -0.2) is 44.4 Å². The van der Waals surface area contributed by atoms with Gasteiger partial charge in [-0.2, -0.15) is 13.2 Å². The van der Waals surface area contributed by atoms with Gasteiger partial charge in [0.1, 0.15) is 11.5 Å². The summed E-state index contributed by atoms with van der Waals surface area (Å²) in [6, 6.07) is 11.3. The van der Waals surface area contributed by atoms with Gasteiger partial charge in [-0.05, 0) is 55.2 Å². The predicted molar refractivity (Wildman–Crippen MR) is 112 cm³/mol. The van der Waals surface area contributed by atoms with E-state index in [0.29, 0.717) is 35.2 Å². The average Bonchev–Trinajstić information content (AvgIpc) is 3.40. The molecule has 0 aromatic carbocycles. The first-order valence-corrected chi connectivity index (χ1v) is 10.4. The molecule has 9 heteroatoms. The highest BCUT2D eigenvalue weighted by atomic mass is 19.4. The molecule has 1 saturated carbocycles. The minimum Gasteiger partial charge on any atom is -0.365 e. The zero-order valence-electron chi connectivity index (χ0n) is 17.0. The van der Waals surface area contributed by atoms with E-state index in [1.165, 1.54) is 6.07 Å². The van der Waals surface area contributed by atoms with Crippen LogP contribution in [0.2, 0.25) is 0 Å². The predicted octanol–water partition coefficient (Wildman–Crippen LogP) is 4.27. The molecule has 32 heavy (non-hydrogen) atoms. The lowest BCUT2D eigenvalue weighted by atomic mass is 10.0. The van der Waals surface area contributed by atoms with Crippen molar-refractivity contribution in [3.8, 4) is 11.3 Å². The first-order chi connectivity index (χ1) is 15.4. The molecule has 5 rings (SSSR count). The van der Waals surface area contributed by atoms with Crippen LogP contribution < -0.4 is 5.32 Å². The highest BCUT2D eigenvalue weighted by molar-refractivity contribution is 5.99. The summed E-state index contributed by atoms with van der Waals surface area (Å²) in [7, 11) is 0. The lowest BCUT2D eigenvalue weighted by Gasteiger charge is -2.34. The van der Waals surface area contributed by atoms with Gasteiger partial charge in [0.25, 0.3) is 5.91 Å². The van der Waals surface area contributed by atoms with Gasteiger partial charge in [-0.1, -0.05) is 6.07 Å². The molecule has 1 amide bonds. The molecule has 1 saturated heterocycles. The maximum absolute atomic E-state index is 13.5. The second-order valence-electron chi connectivity index (χ2n) is 8.16. The molecule has 3 aromatic heterocycles. The third-order valence-electron chi connectivity index (χ3n) is 6.12. The Bertz CT molecular complexity index is 1120. The van der Waals surface area contributed by atoms with Crippen molar-refractivity contribution >= 4 is 11.7 Å². The maximum atomic E-state index is 13.5. The smallest absolute Gasteiger partial charge is 0.365 e. The fourth-order valence-electron chi connectivity index (χ4n) is 4.69. The number of anilines is 1. The number of carbonyl (C=O) groups is 1. The van der Waals surface area contributed by atoms with Gasteiger partial charge in [-0.3, -0.25) is 14.8 Å². The Morgan fingerprint density at radius 3 is 2.53 bits per heavy atom. The van der Waals surface area contributed by atoms with E-state index in [2.05, 4.69) is 20.3 Å². The van der Waals surface area contributed by atoms with E-state index in [4.69, 9.17) is 0 Å². The van der Waals surface area contributed by atoms with Gasteiger partial charge in [-0.25, -0.2) is 4.98 Å². The van der Waals surface area contributed by atoms with E-state index in [1.54, 1.807) is 18.5 Å². The SMILES string of the molecule is O=C(c1ncccc1-c1ccccn1)N1CC2CC(Nc3ccc(C(F)(F)F)cn3)C1C2. The molecule has 0 spiro atoms. The summed E-state index contributed by atoms with van der Waals surface area (Å²) >= 11 is 0. The second-order valence-corrected chi connectivity index (χ2v) is 8.16. The standard InChI is InChI=1S/C23H20F3N5O/c24-23(25,26)15-6-7-20(29-12-15)30-18-10-14-11-19(18)31(13-14)22(32)21-16(4-3-9-28-21)17-5-1-2-8-27-17/h1-9,12,14,18-19H,10-11,13H2,(H,29,30). The van der Waals surface area contributed by atoms with Crippen LogP contribution in [0.1, 0.15) is 28.9 Å². The molecular weight excluding hydrogens is 419 g/mol. The number of carbonyl (C=O) groups excluding carboxylic acids is 1. The molecule has 164 valence electrons. The minimum absolute atomic E-state index is 0.0739. The average molecular weight is 439 g/mol. The molecule has 2 bridgehead atoms. The fraction of sp³-hybridized carbons (Fsp3) is 0.304. The fourth-order valence-corrected chi connectivity index (χ4v) is 4.69. The van der Waals surface area contributed by atoms with Crippen molar-refractivity contribution < 1.29 is 18.0 Å². The van der Waals surface area contributed by atoms with E-state index in [9.17, 15) is 18.0 Å². The van der Waals surface area contributed by atoms with Crippen LogP contribution in [0.3, 0.4) is 0 Å². The summed E-state index contributed by atoms with van der Waals surface area (Å²) in [6.45, 7) is 0.639. The molecule has 1 N–H and O–H groups in total. The zero-order chi connectivity index (χ0) is 22.3. The summed E-state index contributed by atoms with van der Waals surface area (Å²) in [4.78, 5) is 27.9. The number of likely N-dealkylation sites (tertiary alicyclic amines) is 1. The van der Waals surface area contributed by atoms with Crippen LogP contribution in [0, 0.1) is 5.92 Å². The minimum atomic E-state index is -4.42. The first kappa shape index (κ1) is 20.4. The van der Waals surface area contributed by atoms with Gasteiger partial charge in [0.15, 0.2) is 0 Å². The van der Waals surface area contributed by atoms with Crippen LogP contribution in [-0.2, 0) is 6.18 Å². The third-order valence-corrected chi connectivity index (χ3v) is 6.12. The number of aromatic nitrogens is 3.